The Hall–Kier alpha value is -3.55. The summed E-state index contributed by atoms with van der Waals surface area (Å²) in [5.74, 6) is -0.663. The van der Waals surface area contributed by atoms with Gasteiger partial charge in [-0.15, -0.1) is 0 Å². The van der Waals surface area contributed by atoms with Crippen molar-refractivity contribution in [2.75, 3.05) is 43.4 Å². The minimum atomic E-state index is -4.27. The molecule has 210 valence electrons. The summed E-state index contributed by atoms with van der Waals surface area (Å²) in [5, 5.41) is 14.4. The van der Waals surface area contributed by atoms with Gasteiger partial charge in [-0.05, 0) is 43.3 Å². The lowest BCUT2D eigenvalue weighted by Crippen LogP contribution is -2.38. The van der Waals surface area contributed by atoms with Crippen molar-refractivity contribution in [2.45, 2.75) is 25.9 Å². The molecule has 3 rings (SSSR count). The Morgan fingerprint density at radius 3 is 2.67 bits per heavy atom. The summed E-state index contributed by atoms with van der Waals surface area (Å²) in [6.07, 6.45) is -1.94. The fourth-order valence-corrected chi connectivity index (χ4v) is 3.82. The van der Waals surface area contributed by atoms with Crippen molar-refractivity contribution in [1.82, 2.24) is 25.4 Å². The van der Waals surface area contributed by atoms with Crippen LogP contribution in [0.15, 0.2) is 47.4 Å². The number of carbonyl (C=O) groups is 1. The van der Waals surface area contributed by atoms with Gasteiger partial charge in [0.2, 0.25) is 5.91 Å². The smallest absolute Gasteiger partial charge is 0.351 e. The molecule has 0 aliphatic carbocycles. The van der Waals surface area contributed by atoms with Crippen LogP contribution in [-0.4, -0.2) is 64.9 Å². The van der Waals surface area contributed by atoms with E-state index in [4.69, 9.17) is 11.6 Å². The molecule has 2 aromatic heterocycles. The summed E-state index contributed by atoms with van der Waals surface area (Å²) < 4.78 is 51.2. The van der Waals surface area contributed by atoms with Crippen LogP contribution in [0.2, 0.25) is 5.02 Å². The normalized spacial score (nSPS) is 11.6. The first-order chi connectivity index (χ1) is 18.5. The first kappa shape index (κ1) is 30.0. The van der Waals surface area contributed by atoms with Gasteiger partial charge in [-0.2, -0.15) is 18.3 Å². The SMILES string of the molecule is CCCN(CCNCC(F)(F)F)CCC(=O)Nc1cc(Nc2cc(-c3cc(Cl)ccc3F)n[nH]c2=O)ccn1. The molecule has 0 atom stereocenters. The summed E-state index contributed by atoms with van der Waals surface area (Å²) >= 11 is 5.96. The third kappa shape index (κ3) is 9.93. The van der Waals surface area contributed by atoms with Crippen molar-refractivity contribution in [2.24, 2.45) is 0 Å². The highest BCUT2D eigenvalue weighted by molar-refractivity contribution is 6.30. The molecule has 0 fully saturated rings. The number of benzene rings is 1. The second-order valence-electron chi connectivity index (χ2n) is 8.61. The first-order valence-corrected chi connectivity index (χ1v) is 12.5. The van der Waals surface area contributed by atoms with E-state index in [9.17, 15) is 27.2 Å². The molecule has 3 aromatic rings. The molecule has 0 radical (unpaired) electrons. The van der Waals surface area contributed by atoms with Crippen LogP contribution in [0.4, 0.5) is 34.8 Å². The molecule has 1 amide bonds. The van der Waals surface area contributed by atoms with Gasteiger partial charge in [0.05, 0.1) is 12.2 Å². The standard InChI is InChI=1S/C25H28ClF4N7O2/c1-2-9-37(11-8-31-15-25(28,29)30)10-6-23(38)34-22-13-17(5-7-32-22)33-21-14-20(35-36-24(21)39)18-12-16(26)3-4-19(18)27/h3-5,7,12-14,31H,2,6,8-11,15H2,1H3,(H,36,39)(H2,32,33,34,35,38). The number of pyridine rings is 1. The Morgan fingerprint density at radius 2 is 1.92 bits per heavy atom. The second-order valence-corrected chi connectivity index (χ2v) is 9.04. The number of rotatable bonds is 13. The number of nitrogens with zero attached hydrogens (tertiary/aromatic N) is 3. The molecule has 1 aromatic carbocycles. The average Bonchev–Trinajstić information content (AvgIpc) is 2.87. The van der Waals surface area contributed by atoms with Crippen molar-refractivity contribution in [3.8, 4) is 11.3 Å². The van der Waals surface area contributed by atoms with Gasteiger partial charge in [0, 0.05) is 54.6 Å². The third-order valence-electron chi connectivity index (χ3n) is 5.44. The zero-order chi connectivity index (χ0) is 28.4. The third-order valence-corrected chi connectivity index (χ3v) is 5.67. The number of hydrogen-bond acceptors (Lipinski definition) is 7. The maximum atomic E-state index is 14.3. The fraction of sp³-hybridized carbons (Fsp3) is 0.360. The topological polar surface area (TPSA) is 115 Å². The average molecular weight is 570 g/mol. The number of amides is 1. The van der Waals surface area contributed by atoms with E-state index < -0.39 is 24.1 Å². The zero-order valence-corrected chi connectivity index (χ0v) is 21.8. The predicted octanol–water partition coefficient (Wildman–Crippen LogP) is 4.56. The molecule has 0 saturated carbocycles. The summed E-state index contributed by atoms with van der Waals surface area (Å²) in [5.41, 5.74) is 0.224. The van der Waals surface area contributed by atoms with Gasteiger partial charge in [0.25, 0.3) is 5.56 Å². The van der Waals surface area contributed by atoms with Crippen LogP contribution in [0.3, 0.4) is 0 Å². The highest BCUT2D eigenvalue weighted by Gasteiger charge is 2.26. The molecule has 4 N–H and O–H groups in total. The molecule has 0 unspecified atom stereocenters. The Morgan fingerprint density at radius 1 is 1.13 bits per heavy atom. The molecular formula is C25H28ClF4N7O2. The number of nitrogens with one attached hydrogen (secondary N) is 4. The number of H-pyrrole nitrogens is 1. The van der Waals surface area contributed by atoms with E-state index in [1.807, 2.05) is 11.8 Å². The molecule has 0 bridgehead atoms. The van der Waals surface area contributed by atoms with Crippen molar-refractivity contribution in [3.05, 3.63) is 63.8 Å². The summed E-state index contributed by atoms with van der Waals surface area (Å²) in [6.45, 7) is 2.40. The van der Waals surface area contributed by atoms with Crippen LogP contribution < -0.4 is 21.5 Å². The second kappa shape index (κ2) is 14.0. The van der Waals surface area contributed by atoms with Gasteiger partial charge in [0.1, 0.15) is 17.3 Å². The van der Waals surface area contributed by atoms with E-state index in [0.717, 1.165) is 6.42 Å². The van der Waals surface area contributed by atoms with Crippen LogP contribution >= 0.6 is 11.6 Å². The van der Waals surface area contributed by atoms with Gasteiger partial charge in [-0.1, -0.05) is 18.5 Å². The number of aromatic amines is 1. The number of halogens is 5. The van der Waals surface area contributed by atoms with E-state index in [1.54, 1.807) is 6.07 Å². The molecule has 0 aliphatic rings. The number of alkyl halides is 3. The minimum absolute atomic E-state index is 0.0807. The quantitative estimate of drug-likeness (QED) is 0.176. The van der Waals surface area contributed by atoms with E-state index in [-0.39, 0.29) is 41.6 Å². The molecular weight excluding hydrogens is 542 g/mol. The number of carbonyl (C=O) groups excluding carboxylic acids is 1. The molecule has 39 heavy (non-hydrogen) atoms. The zero-order valence-electron chi connectivity index (χ0n) is 21.0. The molecule has 0 saturated heterocycles. The molecule has 0 spiro atoms. The minimum Gasteiger partial charge on any atom is -0.351 e. The largest absolute Gasteiger partial charge is 0.401 e. The molecule has 2 heterocycles. The van der Waals surface area contributed by atoms with Crippen LogP contribution in [0.25, 0.3) is 11.3 Å². The van der Waals surface area contributed by atoms with Crippen molar-refractivity contribution >= 4 is 34.7 Å². The Balaban J connectivity index is 1.59. The lowest BCUT2D eigenvalue weighted by molar-refractivity contribution is -0.124. The Bertz CT molecular complexity index is 1320. The van der Waals surface area contributed by atoms with Crippen LogP contribution in [-0.2, 0) is 4.79 Å². The number of anilines is 3. The van der Waals surface area contributed by atoms with Crippen LogP contribution in [0.5, 0.6) is 0 Å². The van der Waals surface area contributed by atoms with E-state index >= 15 is 0 Å². The predicted molar refractivity (Wildman–Crippen MR) is 142 cm³/mol. The molecule has 0 aliphatic heterocycles. The summed E-state index contributed by atoms with van der Waals surface area (Å²) in [7, 11) is 0. The highest BCUT2D eigenvalue weighted by Crippen LogP contribution is 2.26. The van der Waals surface area contributed by atoms with Gasteiger partial charge >= 0.3 is 6.18 Å². The monoisotopic (exact) mass is 569 g/mol. The number of hydrogen-bond donors (Lipinski definition) is 4. The summed E-state index contributed by atoms with van der Waals surface area (Å²) in [6, 6.07) is 8.45. The van der Waals surface area contributed by atoms with Crippen molar-refractivity contribution < 1.29 is 22.4 Å². The molecule has 9 nitrogen and oxygen atoms in total. The van der Waals surface area contributed by atoms with E-state index in [1.165, 1.54) is 36.5 Å². The van der Waals surface area contributed by atoms with Crippen LogP contribution in [0.1, 0.15) is 19.8 Å². The fourth-order valence-electron chi connectivity index (χ4n) is 3.65. The summed E-state index contributed by atoms with van der Waals surface area (Å²) in [4.78, 5) is 30.8. The van der Waals surface area contributed by atoms with Gasteiger partial charge < -0.3 is 20.9 Å². The lowest BCUT2D eigenvalue weighted by atomic mass is 10.1. The van der Waals surface area contributed by atoms with Gasteiger partial charge in [-0.25, -0.2) is 14.5 Å². The van der Waals surface area contributed by atoms with E-state index in [2.05, 4.69) is 31.1 Å². The lowest BCUT2D eigenvalue weighted by Gasteiger charge is -2.21. The Kier molecular flexibility index (Phi) is 10.8. The highest BCUT2D eigenvalue weighted by atomic mass is 35.5. The Labute approximate surface area is 227 Å². The number of aromatic nitrogens is 3. The van der Waals surface area contributed by atoms with Gasteiger partial charge in [-0.3, -0.25) is 9.59 Å². The van der Waals surface area contributed by atoms with Crippen LogP contribution in [0, 0.1) is 5.82 Å². The van der Waals surface area contributed by atoms with E-state index in [0.29, 0.717) is 30.3 Å². The molecule has 14 heteroatoms. The maximum Gasteiger partial charge on any atom is 0.401 e. The first-order valence-electron chi connectivity index (χ1n) is 12.1. The van der Waals surface area contributed by atoms with Crippen molar-refractivity contribution in [1.29, 1.82) is 0 Å². The van der Waals surface area contributed by atoms with Gasteiger partial charge in [0.15, 0.2) is 0 Å². The maximum absolute atomic E-state index is 14.3. The van der Waals surface area contributed by atoms with Crippen molar-refractivity contribution in [3.63, 3.8) is 0 Å².